The lowest BCUT2D eigenvalue weighted by atomic mass is 13.0. The third-order valence-corrected chi connectivity index (χ3v) is 0.172. The predicted molar refractivity (Wildman–Crippen MR) is 24.5 cm³/mol. The number of nitrogens with zero attached hydrogens (tertiary/aromatic N) is 2. The summed E-state index contributed by atoms with van der Waals surface area (Å²) in [7, 11) is 0. The van der Waals surface area contributed by atoms with Crippen LogP contribution in [0.15, 0.2) is 0 Å². The van der Waals surface area contributed by atoms with Crippen LogP contribution in [0.2, 0.25) is 0 Å². The lowest BCUT2D eigenvalue weighted by Crippen LogP contribution is -2.05. The Morgan fingerprint density at radius 1 is 1.00 bits per heavy atom. The lowest BCUT2D eigenvalue weighted by Gasteiger charge is -1.74. The van der Waals surface area contributed by atoms with Crippen molar-refractivity contribution < 1.29 is 20.0 Å². The second kappa shape index (κ2) is 7.32. The molecule has 0 saturated heterocycles. The third kappa shape index (κ3) is 33.2. The minimum atomic E-state index is -1.10. The van der Waals surface area contributed by atoms with E-state index in [1.54, 1.807) is 0 Å². The molecule has 0 aliphatic rings. The van der Waals surface area contributed by atoms with Gasteiger partial charge in [-0.1, -0.05) is 0 Å². The molecule has 0 aromatic carbocycles. The summed E-state index contributed by atoms with van der Waals surface area (Å²) in [5.41, 5.74) is 0. The number of rotatable bonds is 2. The van der Waals surface area contributed by atoms with E-state index in [2.05, 4.69) is 21.7 Å². The Kier molecular flexibility index (Phi) is 8.17. The Balaban J connectivity index is 0. The molecule has 0 radical (unpaired) electrons. The Labute approximate surface area is 53.4 Å². The van der Waals surface area contributed by atoms with Crippen molar-refractivity contribution in [2.45, 2.75) is 0 Å². The first kappa shape index (κ1) is 11.2. The van der Waals surface area contributed by atoms with Gasteiger partial charge in [0.1, 0.15) is 0 Å². The summed E-state index contributed by atoms with van der Waals surface area (Å²) in [5.74, 6) is 7.94. The fourth-order valence-corrected chi connectivity index (χ4v) is 0. The maximum atomic E-state index is 8.83. The monoisotopic (exact) mass is 156 g/mol. The van der Waals surface area contributed by atoms with Crippen LogP contribution in [-0.4, -0.2) is 10.2 Å². The average Bonchev–Trinajstić information content (AvgIpc) is 1.89. The molecule has 0 aliphatic carbocycles. The lowest BCUT2D eigenvalue weighted by molar-refractivity contribution is -0.762. The highest BCUT2D eigenvalue weighted by Gasteiger charge is 1.78. The van der Waals surface area contributed by atoms with Gasteiger partial charge in [0.25, 0.3) is 0 Å². The average molecular weight is 156 g/mol. The predicted octanol–water partition coefficient (Wildman–Crippen LogP) is -1.86. The Hall–Kier alpha value is -1.68. The summed E-state index contributed by atoms with van der Waals surface area (Å²) in [6, 6.07) is 0. The molecule has 0 atom stereocenters. The van der Waals surface area contributed by atoms with Crippen molar-refractivity contribution in [3.05, 3.63) is 20.2 Å². The van der Waals surface area contributed by atoms with Gasteiger partial charge < -0.3 is 0 Å². The van der Waals surface area contributed by atoms with E-state index in [9.17, 15) is 0 Å². The molecule has 60 valence electrons. The van der Waals surface area contributed by atoms with E-state index in [0.717, 1.165) is 0 Å². The maximum Gasteiger partial charge on any atom is 0.311 e. The van der Waals surface area contributed by atoms with Crippen molar-refractivity contribution in [1.82, 2.24) is 0 Å². The zero-order valence-electron chi connectivity index (χ0n) is 4.50. The minimum Gasteiger partial charge on any atom is -0.223 e. The van der Waals surface area contributed by atoms with E-state index in [-0.39, 0.29) is 0 Å². The minimum absolute atomic E-state index is 1.10. The Bertz CT molecular complexity index is 94.3. The van der Waals surface area contributed by atoms with Gasteiger partial charge in [0.2, 0.25) is 0 Å². The van der Waals surface area contributed by atoms with Gasteiger partial charge in [0.05, 0.1) is 0 Å². The molecule has 0 aromatic heterocycles. The molecule has 0 aliphatic heterocycles. The summed E-state index contributed by atoms with van der Waals surface area (Å²) in [5, 5.41) is 15.5. The van der Waals surface area contributed by atoms with Crippen LogP contribution in [-0.2, 0) is 9.88 Å². The van der Waals surface area contributed by atoms with Gasteiger partial charge >= 0.3 is 10.2 Å². The zero-order chi connectivity index (χ0) is 8.57. The summed E-state index contributed by atoms with van der Waals surface area (Å²) in [6.45, 7) is 0. The normalized spacial score (nSPS) is 6.60. The van der Waals surface area contributed by atoms with Crippen LogP contribution >= 0.6 is 0 Å². The summed E-state index contributed by atoms with van der Waals surface area (Å²) < 4.78 is 0. The highest BCUT2D eigenvalue weighted by Crippen LogP contribution is 1.52. The second-order valence-corrected chi connectivity index (χ2v) is 0.658. The first-order valence-corrected chi connectivity index (χ1v) is 1.57. The van der Waals surface area contributed by atoms with Crippen molar-refractivity contribution in [3.63, 3.8) is 0 Å². The molecule has 0 amide bonds. The number of hydrogen-bond acceptors (Lipinski definition) is 8. The van der Waals surface area contributed by atoms with Gasteiger partial charge in [-0.3, -0.25) is 0 Å². The zero-order valence-corrected chi connectivity index (χ0v) is 4.50. The van der Waals surface area contributed by atoms with Crippen LogP contribution in [0.4, 0.5) is 0 Å². The van der Waals surface area contributed by atoms with Gasteiger partial charge in [-0.2, -0.15) is 11.8 Å². The fourth-order valence-electron chi connectivity index (χ4n) is 0. The molecule has 0 bridgehead atoms. The smallest absolute Gasteiger partial charge is 0.223 e. The van der Waals surface area contributed by atoms with Gasteiger partial charge in [-0.05, 0) is 0 Å². The van der Waals surface area contributed by atoms with Gasteiger partial charge in [0.15, 0.2) is 0 Å². The van der Waals surface area contributed by atoms with Gasteiger partial charge in [0, 0.05) is 0 Å². The first-order chi connectivity index (χ1) is 4.54. The van der Waals surface area contributed by atoms with Gasteiger partial charge in [-0.15, -0.1) is 20.2 Å². The molecule has 0 rings (SSSR count). The second-order valence-electron chi connectivity index (χ2n) is 0.658. The highest BCUT2D eigenvalue weighted by molar-refractivity contribution is 3.85. The molecule has 0 aromatic rings. The van der Waals surface area contributed by atoms with E-state index < -0.39 is 10.2 Å². The highest BCUT2D eigenvalue weighted by atomic mass is 17.0. The van der Waals surface area contributed by atoms with E-state index >= 15 is 0 Å². The largest absolute Gasteiger partial charge is 0.311 e. The van der Waals surface area contributed by atoms with Crippen LogP contribution in [0, 0.1) is 20.2 Å². The summed E-state index contributed by atoms with van der Waals surface area (Å²) in [4.78, 5) is 23.6. The fraction of sp³-hybridized carbons (Fsp3) is 0. The first-order valence-electron chi connectivity index (χ1n) is 1.57. The van der Waals surface area contributed by atoms with E-state index in [1.165, 1.54) is 0 Å². The van der Waals surface area contributed by atoms with E-state index in [0.29, 0.717) is 0 Å². The molecule has 0 spiro atoms. The van der Waals surface area contributed by atoms with Crippen LogP contribution in [0.5, 0.6) is 0 Å². The molecule has 10 nitrogen and oxygen atoms in total. The number of hydrogen-bond donors (Lipinski definition) is 2. The molecule has 0 heterocycles. The summed E-state index contributed by atoms with van der Waals surface area (Å²) in [6.07, 6.45) is 0. The molecular weight excluding hydrogens is 152 g/mol. The van der Waals surface area contributed by atoms with Crippen molar-refractivity contribution in [1.29, 1.82) is 0 Å². The molecule has 10 heteroatoms. The quantitative estimate of drug-likeness (QED) is 0.347. The SMILES string of the molecule is NO[N+](=O)[O-].NO[N+](=O)[O-]. The standard InChI is InChI=1S/2H2N2O3/c2*1-5-2(3)4/h2*1H2. The van der Waals surface area contributed by atoms with Crippen LogP contribution in [0.3, 0.4) is 0 Å². The number of nitrogens with two attached hydrogens (primary N) is 2. The van der Waals surface area contributed by atoms with Crippen molar-refractivity contribution in [2.75, 3.05) is 0 Å². The molecule has 0 fully saturated rings. The van der Waals surface area contributed by atoms with Crippen molar-refractivity contribution in [3.8, 4) is 0 Å². The Morgan fingerprint density at radius 3 is 1.10 bits per heavy atom. The maximum absolute atomic E-state index is 8.83. The molecule has 0 saturated carbocycles. The Morgan fingerprint density at radius 2 is 1.10 bits per heavy atom. The van der Waals surface area contributed by atoms with E-state index in [4.69, 9.17) is 20.2 Å². The molecule has 0 unspecified atom stereocenters. The summed E-state index contributed by atoms with van der Waals surface area (Å²) >= 11 is 0. The van der Waals surface area contributed by atoms with Crippen molar-refractivity contribution in [2.24, 2.45) is 11.8 Å². The molecule has 4 N–H and O–H groups in total. The van der Waals surface area contributed by atoms with Crippen LogP contribution in [0.1, 0.15) is 0 Å². The molecular formula is H4N4O6. The molecule has 10 heavy (non-hydrogen) atoms. The van der Waals surface area contributed by atoms with Crippen molar-refractivity contribution >= 4 is 0 Å². The van der Waals surface area contributed by atoms with Gasteiger partial charge in [-0.25, -0.2) is 9.88 Å². The van der Waals surface area contributed by atoms with Crippen LogP contribution in [0.25, 0.3) is 0 Å². The third-order valence-electron chi connectivity index (χ3n) is 0.172. The topological polar surface area (TPSA) is 157 Å². The van der Waals surface area contributed by atoms with E-state index in [1.807, 2.05) is 0 Å². The van der Waals surface area contributed by atoms with Crippen LogP contribution < -0.4 is 11.8 Å².